The van der Waals surface area contributed by atoms with E-state index < -0.39 is 0 Å². The number of hydrogen-bond donors (Lipinski definition) is 1. The van der Waals surface area contributed by atoms with E-state index in [1.54, 1.807) is 0 Å². The van der Waals surface area contributed by atoms with Gasteiger partial charge in [0.25, 0.3) is 0 Å². The molecule has 0 rings (SSSR count). The Morgan fingerprint density at radius 1 is 1.09 bits per heavy atom. The van der Waals surface area contributed by atoms with Crippen molar-refractivity contribution >= 4 is 12.6 Å². The van der Waals surface area contributed by atoms with Crippen LogP contribution in [0.15, 0.2) is 0 Å². The van der Waals surface area contributed by atoms with Gasteiger partial charge in [-0.2, -0.15) is 12.6 Å². The number of thiol groups is 1. The van der Waals surface area contributed by atoms with Gasteiger partial charge in [-0.3, -0.25) is 0 Å². The predicted molar refractivity (Wildman–Crippen MR) is 56.4 cm³/mol. The molecule has 0 N–H and O–H groups in total. The van der Waals surface area contributed by atoms with Gasteiger partial charge in [0.2, 0.25) is 0 Å². The first-order valence-corrected chi connectivity index (χ1v) is 5.38. The Kier molecular flexibility index (Phi) is 7.25. The Bertz CT molecular complexity index is 78.9. The van der Waals surface area contributed by atoms with E-state index in [1.807, 2.05) is 0 Å². The predicted octanol–water partition coefficient (Wildman–Crippen LogP) is 3.91. The molecule has 2 atom stereocenters. The molecule has 0 nitrogen and oxygen atoms in total. The van der Waals surface area contributed by atoms with Gasteiger partial charge in [-0.1, -0.05) is 46.5 Å². The minimum absolute atomic E-state index is 0.566. The second-order valence-corrected chi connectivity index (χ2v) is 4.38. The van der Waals surface area contributed by atoms with E-state index in [1.165, 1.54) is 32.1 Å². The van der Waals surface area contributed by atoms with Crippen LogP contribution in [0.1, 0.15) is 52.9 Å². The van der Waals surface area contributed by atoms with Gasteiger partial charge in [0.1, 0.15) is 0 Å². The van der Waals surface area contributed by atoms with E-state index in [4.69, 9.17) is 0 Å². The summed E-state index contributed by atoms with van der Waals surface area (Å²) in [6, 6.07) is 0. The van der Waals surface area contributed by atoms with Crippen molar-refractivity contribution in [3.05, 3.63) is 0 Å². The summed E-state index contributed by atoms with van der Waals surface area (Å²) in [5.74, 6) is 0.787. The smallest absolute Gasteiger partial charge is 0.00141 e. The fraction of sp³-hybridized carbons (Fsp3) is 1.00. The summed E-state index contributed by atoms with van der Waals surface area (Å²) in [6.45, 7) is 6.74. The number of unbranched alkanes of at least 4 members (excludes halogenated alkanes) is 3. The molecule has 0 aliphatic rings. The van der Waals surface area contributed by atoms with Gasteiger partial charge in [0.15, 0.2) is 0 Å². The van der Waals surface area contributed by atoms with Gasteiger partial charge in [-0.05, 0) is 12.3 Å². The lowest BCUT2D eigenvalue weighted by Crippen LogP contribution is -2.06. The van der Waals surface area contributed by atoms with Gasteiger partial charge in [0.05, 0.1) is 0 Å². The molecule has 2 unspecified atom stereocenters. The highest BCUT2D eigenvalue weighted by Crippen LogP contribution is 2.16. The second-order valence-electron chi connectivity index (χ2n) is 3.57. The van der Waals surface area contributed by atoms with Crippen molar-refractivity contribution in [1.29, 1.82) is 0 Å². The van der Waals surface area contributed by atoms with Crippen molar-refractivity contribution in [3.8, 4) is 0 Å². The molecule has 0 aromatic rings. The van der Waals surface area contributed by atoms with Crippen molar-refractivity contribution in [2.75, 3.05) is 0 Å². The van der Waals surface area contributed by atoms with Gasteiger partial charge in [-0.15, -0.1) is 0 Å². The lowest BCUT2D eigenvalue weighted by atomic mass is 10.00. The fourth-order valence-electron chi connectivity index (χ4n) is 1.13. The molecule has 0 amide bonds. The van der Waals surface area contributed by atoms with Crippen LogP contribution in [0.3, 0.4) is 0 Å². The van der Waals surface area contributed by atoms with E-state index in [9.17, 15) is 0 Å². The molecule has 0 aliphatic heterocycles. The van der Waals surface area contributed by atoms with E-state index in [0.29, 0.717) is 5.25 Å². The maximum atomic E-state index is 4.42. The molecule has 0 aromatic heterocycles. The molecule has 1 heteroatoms. The lowest BCUT2D eigenvalue weighted by Gasteiger charge is -2.13. The van der Waals surface area contributed by atoms with Crippen LogP contribution in [0.4, 0.5) is 0 Å². The minimum Gasteiger partial charge on any atom is -0.176 e. The zero-order chi connectivity index (χ0) is 8.69. The fourth-order valence-corrected chi connectivity index (χ4v) is 1.28. The monoisotopic (exact) mass is 174 g/mol. The van der Waals surface area contributed by atoms with Crippen LogP contribution >= 0.6 is 12.6 Å². The molecule has 0 radical (unpaired) electrons. The molecule has 68 valence electrons. The average molecular weight is 174 g/mol. The van der Waals surface area contributed by atoms with Gasteiger partial charge >= 0.3 is 0 Å². The van der Waals surface area contributed by atoms with Crippen LogP contribution in [0.2, 0.25) is 0 Å². The lowest BCUT2D eigenvalue weighted by molar-refractivity contribution is 0.488. The summed E-state index contributed by atoms with van der Waals surface area (Å²) in [7, 11) is 0. The summed E-state index contributed by atoms with van der Waals surface area (Å²) in [6.07, 6.45) is 6.88. The normalized spacial score (nSPS) is 16.4. The molecule has 0 bridgehead atoms. The molecule has 0 aromatic carbocycles. The maximum Gasteiger partial charge on any atom is 0.00141 e. The molecule has 0 spiro atoms. The van der Waals surface area contributed by atoms with Crippen molar-refractivity contribution in [2.45, 2.75) is 58.1 Å². The Morgan fingerprint density at radius 3 is 2.18 bits per heavy atom. The Hall–Kier alpha value is 0.350. The highest BCUT2D eigenvalue weighted by atomic mass is 32.1. The van der Waals surface area contributed by atoms with E-state index in [-0.39, 0.29) is 0 Å². The first-order chi connectivity index (χ1) is 5.18. The van der Waals surface area contributed by atoms with Crippen LogP contribution in [0.25, 0.3) is 0 Å². The second kappa shape index (κ2) is 7.02. The van der Waals surface area contributed by atoms with Crippen molar-refractivity contribution in [1.82, 2.24) is 0 Å². The average Bonchev–Trinajstić information content (AvgIpc) is 1.97. The van der Waals surface area contributed by atoms with Crippen LogP contribution in [-0.4, -0.2) is 5.25 Å². The summed E-state index contributed by atoms with van der Waals surface area (Å²) in [5, 5.41) is 0.566. The van der Waals surface area contributed by atoms with Crippen molar-refractivity contribution in [3.63, 3.8) is 0 Å². The van der Waals surface area contributed by atoms with Crippen LogP contribution in [-0.2, 0) is 0 Å². The Labute approximate surface area is 77.2 Å². The molecule has 0 saturated heterocycles. The van der Waals surface area contributed by atoms with Crippen LogP contribution < -0.4 is 0 Å². The summed E-state index contributed by atoms with van der Waals surface area (Å²) < 4.78 is 0. The first-order valence-electron chi connectivity index (χ1n) is 4.86. The molecular formula is C10H22S. The first kappa shape index (κ1) is 11.4. The summed E-state index contributed by atoms with van der Waals surface area (Å²) >= 11 is 4.42. The van der Waals surface area contributed by atoms with Gasteiger partial charge in [-0.25, -0.2) is 0 Å². The third-order valence-electron chi connectivity index (χ3n) is 2.34. The van der Waals surface area contributed by atoms with E-state index >= 15 is 0 Å². The largest absolute Gasteiger partial charge is 0.176 e. The third kappa shape index (κ3) is 6.74. The SMILES string of the molecule is CCCCCCC(C)C(C)S. The summed E-state index contributed by atoms with van der Waals surface area (Å²) in [5.41, 5.74) is 0. The molecule has 11 heavy (non-hydrogen) atoms. The molecule has 0 saturated carbocycles. The van der Waals surface area contributed by atoms with Crippen LogP contribution in [0, 0.1) is 5.92 Å². The van der Waals surface area contributed by atoms with E-state index in [0.717, 1.165) is 5.92 Å². The standard InChI is InChI=1S/C10H22S/c1-4-5-6-7-8-9(2)10(3)11/h9-11H,4-8H2,1-3H3. The van der Waals surface area contributed by atoms with Crippen LogP contribution in [0.5, 0.6) is 0 Å². The molecule has 0 fully saturated rings. The van der Waals surface area contributed by atoms with Crippen molar-refractivity contribution < 1.29 is 0 Å². The van der Waals surface area contributed by atoms with Crippen molar-refractivity contribution in [2.24, 2.45) is 5.92 Å². The Balaban J connectivity index is 3.10. The third-order valence-corrected chi connectivity index (χ3v) is 2.85. The minimum atomic E-state index is 0.566. The van der Waals surface area contributed by atoms with Gasteiger partial charge in [0, 0.05) is 5.25 Å². The van der Waals surface area contributed by atoms with Gasteiger partial charge < -0.3 is 0 Å². The highest BCUT2D eigenvalue weighted by Gasteiger charge is 2.06. The topological polar surface area (TPSA) is 0 Å². The maximum absolute atomic E-state index is 4.42. The number of hydrogen-bond acceptors (Lipinski definition) is 1. The highest BCUT2D eigenvalue weighted by molar-refractivity contribution is 7.80. The zero-order valence-corrected chi connectivity index (χ0v) is 9.03. The molecule has 0 heterocycles. The zero-order valence-electron chi connectivity index (χ0n) is 8.14. The Morgan fingerprint density at radius 2 is 1.73 bits per heavy atom. The molecular weight excluding hydrogens is 152 g/mol. The molecule has 0 aliphatic carbocycles. The number of rotatable bonds is 6. The van der Waals surface area contributed by atoms with E-state index in [2.05, 4.69) is 33.4 Å². The summed E-state index contributed by atoms with van der Waals surface area (Å²) in [4.78, 5) is 0. The quantitative estimate of drug-likeness (QED) is 0.458.